The van der Waals surface area contributed by atoms with Crippen LogP contribution in [0.4, 0.5) is 0 Å². The van der Waals surface area contributed by atoms with Gasteiger partial charge in [-0.25, -0.2) is 4.79 Å². The predicted octanol–water partition coefficient (Wildman–Crippen LogP) is 1.60. The number of likely N-dealkylation sites (tertiary alicyclic amines) is 1. The fraction of sp³-hybridized carbons (Fsp3) is 0.538. The summed E-state index contributed by atoms with van der Waals surface area (Å²) in [5, 5.41) is 11.1. The van der Waals surface area contributed by atoms with Crippen molar-refractivity contribution in [1.82, 2.24) is 4.90 Å². The lowest BCUT2D eigenvalue weighted by molar-refractivity contribution is -0.150. The van der Waals surface area contributed by atoms with Gasteiger partial charge in [0.15, 0.2) is 0 Å². The number of thiophene rings is 1. The number of aliphatic carboxylic acids is 1. The molecule has 0 spiro atoms. The summed E-state index contributed by atoms with van der Waals surface area (Å²) in [5.74, 6) is -1.22. The molecule has 2 atom stereocenters. The first-order valence-corrected chi connectivity index (χ1v) is 7.31. The van der Waals surface area contributed by atoms with Gasteiger partial charge in [-0.3, -0.25) is 4.79 Å². The number of nitrogens with zero attached hydrogens (tertiary/aromatic N) is 1. The van der Waals surface area contributed by atoms with Crippen LogP contribution in [-0.2, 0) is 9.59 Å². The van der Waals surface area contributed by atoms with Crippen LogP contribution in [0.15, 0.2) is 17.5 Å². The molecule has 0 aromatic carbocycles. The third-order valence-electron chi connectivity index (χ3n) is 3.44. The minimum Gasteiger partial charge on any atom is -0.480 e. The number of hydrogen-bond donors (Lipinski definition) is 2. The molecule has 2 unspecified atom stereocenters. The molecule has 1 amide bonds. The highest BCUT2D eigenvalue weighted by Gasteiger charge is 2.33. The molecule has 0 aliphatic carbocycles. The minimum absolute atomic E-state index is 0.281. The van der Waals surface area contributed by atoms with E-state index in [0.717, 1.165) is 24.1 Å². The Morgan fingerprint density at radius 2 is 2.21 bits per heavy atom. The van der Waals surface area contributed by atoms with E-state index in [0.29, 0.717) is 13.0 Å². The molecule has 1 saturated heterocycles. The number of nitrogens with two attached hydrogens (primary N) is 1. The van der Waals surface area contributed by atoms with E-state index in [9.17, 15) is 14.7 Å². The Hall–Kier alpha value is -1.40. The maximum atomic E-state index is 12.4. The van der Waals surface area contributed by atoms with Crippen molar-refractivity contribution in [2.45, 2.75) is 37.8 Å². The smallest absolute Gasteiger partial charge is 0.326 e. The molecule has 2 heterocycles. The van der Waals surface area contributed by atoms with E-state index in [1.54, 1.807) is 6.07 Å². The van der Waals surface area contributed by atoms with Crippen molar-refractivity contribution < 1.29 is 14.7 Å². The van der Waals surface area contributed by atoms with Crippen LogP contribution >= 0.6 is 11.3 Å². The second-order valence-electron chi connectivity index (χ2n) is 4.73. The van der Waals surface area contributed by atoms with Crippen LogP contribution < -0.4 is 5.73 Å². The summed E-state index contributed by atoms with van der Waals surface area (Å²) in [5.41, 5.74) is 5.95. The van der Waals surface area contributed by atoms with E-state index < -0.39 is 18.1 Å². The number of carboxylic acids is 1. The summed E-state index contributed by atoms with van der Waals surface area (Å²) in [4.78, 5) is 25.9. The van der Waals surface area contributed by atoms with Crippen LogP contribution in [0, 0.1) is 0 Å². The molecule has 1 fully saturated rings. The van der Waals surface area contributed by atoms with Crippen molar-refractivity contribution >= 4 is 23.2 Å². The van der Waals surface area contributed by atoms with Crippen LogP contribution in [0.2, 0.25) is 0 Å². The number of carbonyl (C=O) groups excluding carboxylic acids is 1. The maximum Gasteiger partial charge on any atom is 0.326 e. The lowest BCUT2D eigenvalue weighted by atomic mass is 10.1. The molecule has 5 nitrogen and oxygen atoms in total. The zero-order valence-electron chi connectivity index (χ0n) is 10.6. The standard InChI is InChI=1S/C13H18N2O3S/c14-11(10-6-4-8-19-10)12(16)15-7-3-1-2-5-9(15)13(17)18/h4,6,8-9,11H,1-3,5,7,14H2,(H,17,18). The Bertz CT molecular complexity index is 447. The van der Waals surface area contributed by atoms with E-state index in [1.807, 2.05) is 11.4 Å². The SMILES string of the molecule is NC(C(=O)N1CCCCCC1C(=O)O)c1cccs1. The van der Waals surface area contributed by atoms with E-state index >= 15 is 0 Å². The summed E-state index contributed by atoms with van der Waals surface area (Å²) < 4.78 is 0. The van der Waals surface area contributed by atoms with E-state index in [-0.39, 0.29) is 5.91 Å². The molecule has 1 aromatic heterocycles. The first-order valence-electron chi connectivity index (χ1n) is 6.43. The number of amides is 1. The van der Waals surface area contributed by atoms with Crippen LogP contribution in [0.25, 0.3) is 0 Å². The van der Waals surface area contributed by atoms with E-state index in [2.05, 4.69) is 0 Å². The van der Waals surface area contributed by atoms with Gasteiger partial charge in [-0.15, -0.1) is 11.3 Å². The number of rotatable bonds is 3. The summed E-state index contributed by atoms with van der Waals surface area (Å²) >= 11 is 1.42. The van der Waals surface area contributed by atoms with Crippen molar-refractivity contribution in [2.24, 2.45) is 5.73 Å². The van der Waals surface area contributed by atoms with Gasteiger partial charge in [0.25, 0.3) is 0 Å². The van der Waals surface area contributed by atoms with Crippen LogP contribution in [-0.4, -0.2) is 34.5 Å². The summed E-state index contributed by atoms with van der Waals surface area (Å²) in [6.07, 6.45) is 3.15. The zero-order valence-corrected chi connectivity index (χ0v) is 11.4. The second-order valence-corrected chi connectivity index (χ2v) is 5.71. The summed E-state index contributed by atoms with van der Waals surface area (Å²) in [6, 6.07) is 2.16. The third-order valence-corrected chi connectivity index (χ3v) is 4.39. The Morgan fingerprint density at radius 1 is 1.42 bits per heavy atom. The van der Waals surface area contributed by atoms with Gasteiger partial charge in [0, 0.05) is 11.4 Å². The Labute approximate surface area is 116 Å². The molecule has 2 rings (SSSR count). The summed E-state index contributed by atoms with van der Waals surface area (Å²) in [7, 11) is 0. The van der Waals surface area contributed by atoms with Gasteiger partial charge in [-0.05, 0) is 24.3 Å². The highest BCUT2D eigenvalue weighted by molar-refractivity contribution is 7.10. The van der Waals surface area contributed by atoms with E-state index in [4.69, 9.17) is 5.73 Å². The van der Waals surface area contributed by atoms with E-state index in [1.165, 1.54) is 16.2 Å². The number of carbonyl (C=O) groups is 2. The molecule has 0 bridgehead atoms. The minimum atomic E-state index is -0.936. The summed E-state index contributed by atoms with van der Waals surface area (Å²) in [6.45, 7) is 0.481. The molecule has 0 saturated carbocycles. The Morgan fingerprint density at radius 3 is 2.84 bits per heavy atom. The monoisotopic (exact) mass is 282 g/mol. The Balaban J connectivity index is 2.16. The topological polar surface area (TPSA) is 83.6 Å². The van der Waals surface area contributed by atoms with Gasteiger partial charge in [-0.2, -0.15) is 0 Å². The highest BCUT2D eigenvalue weighted by atomic mass is 32.1. The molecule has 1 aliphatic rings. The largest absolute Gasteiger partial charge is 0.480 e. The molecule has 3 N–H and O–H groups in total. The second kappa shape index (κ2) is 6.16. The average Bonchev–Trinajstić information content (AvgIpc) is 2.80. The van der Waals surface area contributed by atoms with Crippen molar-refractivity contribution in [3.05, 3.63) is 22.4 Å². The fourth-order valence-corrected chi connectivity index (χ4v) is 3.12. The average molecular weight is 282 g/mol. The molecular weight excluding hydrogens is 264 g/mol. The Kier molecular flexibility index (Phi) is 4.55. The van der Waals surface area contributed by atoms with Crippen LogP contribution in [0.5, 0.6) is 0 Å². The lowest BCUT2D eigenvalue weighted by Gasteiger charge is -2.29. The number of hydrogen-bond acceptors (Lipinski definition) is 4. The van der Waals surface area contributed by atoms with Crippen LogP contribution in [0.1, 0.15) is 36.6 Å². The van der Waals surface area contributed by atoms with Crippen molar-refractivity contribution in [2.75, 3.05) is 6.54 Å². The quantitative estimate of drug-likeness (QED) is 0.882. The highest BCUT2D eigenvalue weighted by Crippen LogP contribution is 2.23. The first kappa shape index (κ1) is 14.0. The van der Waals surface area contributed by atoms with Gasteiger partial charge < -0.3 is 15.7 Å². The van der Waals surface area contributed by atoms with Crippen LogP contribution in [0.3, 0.4) is 0 Å². The molecular formula is C13H18N2O3S. The van der Waals surface area contributed by atoms with Crippen molar-refractivity contribution in [3.63, 3.8) is 0 Å². The molecule has 19 heavy (non-hydrogen) atoms. The first-order chi connectivity index (χ1) is 9.11. The normalized spacial score (nSPS) is 21.7. The maximum absolute atomic E-state index is 12.4. The van der Waals surface area contributed by atoms with Gasteiger partial charge in [-0.1, -0.05) is 18.9 Å². The van der Waals surface area contributed by atoms with Gasteiger partial charge in [0.1, 0.15) is 12.1 Å². The van der Waals surface area contributed by atoms with Gasteiger partial charge >= 0.3 is 5.97 Å². The zero-order chi connectivity index (χ0) is 13.8. The molecule has 1 aliphatic heterocycles. The third kappa shape index (κ3) is 3.13. The molecule has 6 heteroatoms. The predicted molar refractivity (Wildman–Crippen MR) is 72.9 cm³/mol. The molecule has 104 valence electrons. The van der Waals surface area contributed by atoms with Crippen molar-refractivity contribution in [3.8, 4) is 0 Å². The molecule has 0 radical (unpaired) electrons. The van der Waals surface area contributed by atoms with Crippen molar-refractivity contribution in [1.29, 1.82) is 0 Å². The van der Waals surface area contributed by atoms with Gasteiger partial charge in [0.05, 0.1) is 0 Å². The lowest BCUT2D eigenvalue weighted by Crippen LogP contribution is -2.48. The fourth-order valence-electron chi connectivity index (χ4n) is 2.40. The van der Waals surface area contributed by atoms with Gasteiger partial charge in [0.2, 0.25) is 5.91 Å². The number of carboxylic acid groups (broad SMARTS) is 1. The molecule has 1 aromatic rings.